The highest BCUT2D eigenvalue weighted by Crippen LogP contribution is 2.32. The first-order valence-electron chi connectivity index (χ1n) is 9.28. The van der Waals surface area contributed by atoms with Crippen LogP contribution in [0.3, 0.4) is 0 Å². The number of hydrogen-bond acceptors (Lipinski definition) is 6. The van der Waals surface area contributed by atoms with E-state index < -0.39 is 21.5 Å². The largest absolute Gasteiger partial charge is 0.308 e. The Morgan fingerprint density at radius 3 is 2.41 bits per heavy atom. The fraction of sp³-hybridized carbons (Fsp3) is 0.333. The highest BCUT2D eigenvalue weighted by molar-refractivity contribution is 7.92. The Kier molecular flexibility index (Phi) is 6.36. The second kappa shape index (κ2) is 8.61. The van der Waals surface area contributed by atoms with Gasteiger partial charge in [-0.3, -0.25) is 9.69 Å². The zero-order valence-electron chi connectivity index (χ0n) is 17.0. The van der Waals surface area contributed by atoms with E-state index in [1.165, 1.54) is 28.4 Å². The van der Waals surface area contributed by atoms with Gasteiger partial charge in [0.1, 0.15) is 5.75 Å². The maximum absolute atomic E-state index is 13.1. The average molecular weight is 432 g/mol. The van der Waals surface area contributed by atoms with Crippen LogP contribution in [0.2, 0.25) is 0 Å². The molecule has 0 saturated heterocycles. The maximum atomic E-state index is 13.1. The summed E-state index contributed by atoms with van der Waals surface area (Å²) < 4.78 is 26.4. The summed E-state index contributed by atoms with van der Waals surface area (Å²) in [5, 5.41) is 0.531. The number of hydrogen-bond donors (Lipinski definition) is 0. The van der Waals surface area contributed by atoms with Crippen LogP contribution >= 0.6 is 11.3 Å². The molecule has 1 heterocycles. The number of aromatic nitrogens is 1. The number of likely N-dealkylation sites (N-methyl/N-ethyl adjacent to an activating group) is 1. The van der Waals surface area contributed by atoms with E-state index in [2.05, 4.69) is 11.1 Å². The smallest absolute Gasteiger partial charge is 0.244 e. The monoisotopic (exact) mass is 431 g/mol. The van der Waals surface area contributed by atoms with Crippen molar-refractivity contribution in [2.24, 2.45) is 0 Å². The molecule has 3 rings (SSSR count). The van der Waals surface area contributed by atoms with Crippen molar-refractivity contribution in [3.05, 3.63) is 53.6 Å². The van der Waals surface area contributed by atoms with Crippen molar-refractivity contribution in [3.63, 3.8) is 0 Å². The number of fused-ring (bicyclic) bond motifs is 1. The molecule has 8 heteroatoms. The van der Waals surface area contributed by atoms with Crippen molar-refractivity contribution in [2.45, 2.75) is 18.7 Å². The number of nitrogens with zero attached hydrogens (tertiary/aromatic N) is 3. The van der Waals surface area contributed by atoms with Gasteiger partial charge in [0.15, 0.2) is 15.0 Å². The summed E-state index contributed by atoms with van der Waals surface area (Å²) in [7, 11) is 0.0999. The van der Waals surface area contributed by atoms with Crippen molar-refractivity contribution in [1.29, 1.82) is 0 Å². The summed E-state index contributed by atoms with van der Waals surface area (Å²) in [6, 6.07) is 12.1. The first kappa shape index (κ1) is 21.4. The molecule has 0 aliphatic rings. The Bertz CT molecular complexity index is 1120. The molecule has 0 N–H and O–H groups in total. The molecule has 1 amide bonds. The van der Waals surface area contributed by atoms with Crippen LogP contribution in [-0.4, -0.2) is 57.1 Å². The minimum absolute atomic E-state index is 0.150. The molecule has 0 atom stereocenters. The van der Waals surface area contributed by atoms with E-state index in [-0.39, 0.29) is 4.90 Å². The predicted octanol–water partition coefficient (Wildman–Crippen LogP) is 3.28. The molecule has 1 aromatic heterocycles. The third kappa shape index (κ3) is 5.01. The fourth-order valence-corrected chi connectivity index (χ4v) is 5.34. The van der Waals surface area contributed by atoms with Crippen molar-refractivity contribution in [2.75, 3.05) is 37.8 Å². The zero-order chi connectivity index (χ0) is 21.2. The van der Waals surface area contributed by atoms with Gasteiger partial charge in [-0.15, -0.1) is 0 Å². The van der Waals surface area contributed by atoms with E-state index in [0.29, 0.717) is 18.2 Å². The van der Waals surface area contributed by atoms with Crippen molar-refractivity contribution < 1.29 is 13.2 Å². The number of amides is 1. The Morgan fingerprint density at radius 2 is 1.76 bits per heavy atom. The molecule has 29 heavy (non-hydrogen) atoms. The fourth-order valence-electron chi connectivity index (χ4n) is 3.06. The summed E-state index contributed by atoms with van der Waals surface area (Å²) >= 11 is 1.42. The lowest BCUT2D eigenvalue weighted by Gasteiger charge is -2.22. The molecule has 0 aliphatic carbocycles. The van der Waals surface area contributed by atoms with Crippen LogP contribution in [0.1, 0.15) is 11.1 Å². The van der Waals surface area contributed by atoms with Crippen LogP contribution in [-0.2, 0) is 14.6 Å². The number of sulfone groups is 1. The minimum atomic E-state index is -3.72. The second-order valence-electron chi connectivity index (χ2n) is 7.35. The number of thiazole rings is 1. The van der Waals surface area contributed by atoms with E-state index in [1.807, 2.05) is 38.9 Å². The van der Waals surface area contributed by atoms with E-state index in [0.717, 1.165) is 21.3 Å². The van der Waals surface area contributed by atoms with Gasteiger partial charge in [0.25, 0.3) is 0 Å². The minimum Gasteiger partial charge on any atom is -0.308 e. The lowest BCUT2D eigenvalue weighted by Crippen LogP contribution is -2.40. The molecule has 0 fully saturated rings. The number of rotatable bonds is 7. The summed E-state index contributed by atoms with van der Waals surface area (Å²) in [5.41, 5.74) is 3.03. The molecule has 2 aromatic carbocycles. The van der Waals surface area contributed by atoms with Crippen molar-refractivity contribution in [1.82, 2.24) is 9.88 Å². The third-order valence-electron chi connectivity index (χ3n) is 4.53. The molecule has 0 spiro atoms. The van der Waals surface area contributed by atoms with Gasteiger partial charge in [0.05, 0.1) is 15.1 Å². The lowest BCUT2D eigenvalue weighted by atomic mass is 10.1. The standard InChI is InChI=1S/C21H25N3O3S2/c1-15-12-16(2)20-18(13-15)22-21(28-20)24(11-10-23(3)4)19(25)14-29(26,27)17-8-6-5-7-9-17/h5-9,12-13H,10-11,14H2,1-4H3. The number of anilines is 1. The first-order chi connectivity index (χ1) is 13.7. The quantitative estimate of drug-likeness (QED) is 0.574. The molecule has 154 valence electrons. The van der Waals surface area contributed by atoms with Gasteiger partial charge in [-0.1, -0.05) is 35.6 Å². The van der Waals surface area contributed by atoms with Gasteiger partial charge < -0.3 is 4.90 Å². The Labute approximate surface area is 175 Å². The van der Waals surface area contributed by atoms with Crippen LogP contribution in [0.15, 0.2) is 47.4 Å². The molecular weight excluding hydrogens is 406 g/mol. The number of carbonyl (C=O) groups is 1. The van der Waals surface area contributed by atoms with Gasteiger partial charge >= 0.3 is 0 Å². The van der Waals surface area contributed by atoms with Crippen molar-refractivity contribution >= 4 is 42.4 Å². The van der Waals surface area contributed by atoms with E-state index in [4.69, 9.17) is 0 Å². The topological polar surface area (TPSA) is 70.6 Å². The SMILES string of the molecule is Cc1cc(C)c2sc(N(CCN(C)C)C(=O)CS(=O)(=O)c3ccccc3)nc2c1. The predicted molar refractivity (Wildman–Crippen MR) is 118 cm³/mol. The van der Waals surface area contributed by atoms with Crippen LogP contribution < -0.4 is 4.90 Å². The summed E-state index contributed by atoms with van der Waals surface area (Å²) in [6.07, 6.45) is 0. The van der Waals surface area contributed by atoms with Crippen LogP contribution in [0.4, 0.5) is 5.13 Å². The normalized spacial score (nSPS) is 11.9. The number of carbonyl (C=O) groups excluding carboxylic acids is 1. The van der Waals surface area contributed by atoms with Crippen LogP contribution in [0.25, 0.3) is 10.2 Å². The highest BCUT2D eigenvalue weighted by atomic mass is 32.2. The Balaban J connectivity index is 1.95. The Morgan fingerprint density at radius 1 is 1.07 bits per heavy atom. The highest BCUT2D eigenvalue weighted by Gasteiger charge is 2.26. The average Bonchev–Trinajstić information content (AvgIpc) is 3.06. The molecule has 3 aromatic rings. The molecule has 0 aliphatic heterocycles. The van der Waals surface area contributed by atoms with Crippen molar-refractivity contribution in [3.8, 4) is 0 Å². The number of aryl methyl sites for hydroxylation is 2. The summed E-state index contributed by atoms with van der Waals surface area (Å²) in [4.78, 5) is 21.3. The number of benzene rings is 2. The summed E-state index contributed by atoms with van der Waals surface area (Å²) in [6.45, 7) is 5.00. The lowest BCUT2D eigenvalue weighted by molar-refractivity contribution is -0.116. The zero-order valence-corrected chi connectivity index (χ0v) is 18.7. The molecule has 6 nitrogen and oxygen atoms in total. The molecule has 0 saturated carbocycles. The summed E-state index contributed by atoms with van der Waals surface area (Å²) in [5.74, 6) is -1.05. The third-order valence-corrected chi connectivity index (χ3v) is 7.37. The van der Waals surface area contributed by atoms with Crippen LogP contribution in [0.5, 0.6) is 0 Å². The first-order valence-corrected chi connectivity index (χ1v) is 11.7. The molecule has 0 bridgehead atoms. The second-order valence-corrected chi connectivity index (χ2v) is 10.3. The molecule has 0 unspecified atom stereocenters. The van der Waals surface area contributed by atoms with E-state index >= 15 is 0 Å². The van der Waals surface area contributed by atoms with E-state index in [1.54, 1.807) is 18.2 Å². The molecular formula is C21H25N3O3S2. The molecule has 0 radical (unpaired) electrons. The maximum Gasteiger partial charge on any atom is 0.244 e. The van der Waals surface area contributed by atoms with Gasteiger partial charge in [-0.2, -0.15) is 0 Å². The van der Waals surface area contributed by atoms with Crippen LogP contribution in [0, 0.1) is 13.8 Å². The van der Waals surface area contributed by atoms with Gasteiger partial charge in [0.2, 0.25) is 5.91 Å². The van der Waals surface area contributed by atoms with Gasteiger partial charge in [-0.05, 0) is 57.3 Å². The Hall–Kier alpha value is -2.29. The van der Waals surface area contributed by atoms with Gasteiger partial charge in [-0.25, -0.2) is 13.4 Å². The van der Waals surface area contributed by atoms with Gasteiger partial charge in [0, 0.05) is 13.1 Å². The van der Waals surface area contributed by atoms with E-state index in [9.17, 15) is 13.2 Å².